The van der Waals surface area contributed by atoms with Gasteiger partial charge in [0.05, 0.1) is 18.2 Å². The predicted molar refractivity (Wildman–Crippen MR) is 94.6 cm³/mol. The molecule has 0 spiro atoms. The molecule has 0 saturated carbocycles. The molecule has 1 aromatic carbocycles. The maximum Gasteiger partial charge on any atom is 0.244 e. The van der Waals surface area contributed by atoms with Crippen LogP contribution in [0.2, 0.25) is 0 Å². The molecule has 0 bridgehead atoms. The second kappa shape index (κ2) is 8.13. The summed E-state index contributed by atoms with van der Waals surface area (Å²) in [5.74, 6) is 1.98. The quantitative estimate of drug-likeness (QED) is 0.719. The summed E-state index contributed by atoms with van der Waals surface area (Å²) in [5, 5.41) is 9.60. The number of halogens is 1. The number of hydrogen-bond donors (Lipinski definition) is 3. The van der Waals surface area contributed by atoms with E-state index in [1.54, 1.807) is 12.1 Å². The van der Waals surface area contributed by atoms with E-state index in [0.717, 1.165) is 5.56 Å². The van der Waals surface area contributed by atoms with Gasteiger partial charge in [-0.1, -0.05) is 0 Å². The lowest BCUT2D eigenvalue weighted by Crippen LogP contribution is -2.34. The van der Waals surface area contributed by atoms with Crippen LogP contribution < -0.4 is 11.1 Å². The average molecular weight is 369 g/mol. The summed E-state index contributed by atoms with van der Waals surface area (Å²) < 4.78 is 0. The molecule has 1 saturated heterocycles. The number of carbonyl (C=O) groups excluding carboxylic acids is 2. The van der Waals surface area contributed by atoms with Gasteiger partial charge in [-0.2, -0.15) is 5.10 Å². The topological polar surface area (TPSA) is 117 Å². The van der Waals surface area contributed by atoms with Crippen LogP contribution in [0.15, 0.2) is 24.3 Å². The van der Waals surface area contributed by atoms with Crippen LogP contribution in [0.1, 0.15) is 5.82 Å². The third-order valence-electron chi connectivity index (χ3n) is 3.31. The summed E-state index contributed by atoms with van der Waals surface area (Å²) in [6.45, 7) is 0.378. The number of aromatic amines is 1. The van der Waals surface area contributed by atoms with Gasteiger partial charge in [0, 0.05) is 11.3 Å². The standard InChI is InChI=1S/C14H16N6O2S.ClH/c15-5-11-17-14(19-18-11)9-1-3-10(4-2-9)16-12(21)6-20-8-23-7-13(20)22;/h1-4H,5-8,15H2,(H,16,21)(H,17,18,19);1H. The first-order valence-electron chi connectivity index (χ1n) is 7.03. The second-order valence-corrected chi connectivity index (χ2v) is 5.96. The van der Waals surface area contributed by atoms with Crippen LogP contribution in [0, 0.1) is 0 Å². The Morgan fingerprint density at radius 1 is 1.38 bits per heavy atom. The zero-order chi connectivity index (χ0) is 16.2. The molecule has 128 valence electrons. The number of hydrogen-bond acceptors (Lipinski definition) is 6. The number of carbonyl (C=O) groups is 2. The molecule has 0 atom stereocenters. The highest BCUT2D eigenvalue weighted by Crippen LogP contribution is 2.18. The minimum atomic E-state index is -0.211. The largest absolute Gasteiger partial charge is 0.325 e. The molecule has 8 nitrogen and oxygen atoms in total. The van der Waals surface area contributed by atoms with E-state index < -0.39 is 0 Å². The fourth-order valence-electron chi connectivity index (χ4n) is 2.13. The zero-order valence-electron chi connectivity index (χ0n) is 12.7. The lowest BCUT2D eigenvalue weighted by molar-refractivity contribution is -0.130. The molecule has 1 fully saturated rings. The number of benzene rings is 1. The number of rotatable bonds is 5. The number of amides is 2. The van der Waals surface area contributed by atoms with Gasteiger partial charge in [0.2, 0.25) is 11.8 Å². The van der Waals surface area contributed by atoms with E-state index >= 15 is 0 Å². The number of nitrogens with one attached hydrogen (secondary N) is 2. The predicted octanol–water partition coefficient (Wildman–Crippen LogP) is 0.824. The maximum atomic E-state index is 12.0. The number of nitrogens with two attached hydrogens (primary N) is 1. The SMILES string of the molecule is Cl.NCc1nc(-c2ccc(NC(=O)CN3CSCC3=O)cc2)n[nH]1. The first-order valence-corrected chi connectivity index (χ1v) is 8.18. The van der Waals surface area contributed by atoms with E-state index in [9.17, 15) is 9.59 Å². The van der Waals surface area contributed by atoms with Gasteiger partial charge in [-0.15, -0.1) is 24.2 Å². The van der Waals surface area contributed by atoms with E-state index in [2.05, 4.69) is 20.5 Å². The lowest BCUT2D eigenvalue weighted by Gasteiger charge is -2.14. The van der Waals surface area contributed by atoms with Crippen LogP contribution in [0.3, 0.4) is 0 Å². The number of thioether (sulfide) groups is 1. The molecule has 0 radical (unpaired) electrons. The highest BCUT2D eigenvalue weighted by atomic mass is 35.5. The Bertz CT molecular complexity index is 720. The summed E-state index contributed by atoms with van der Waals surface area (Å²) in [7, 11) is 0. The molecule has 2 heterocycles. The van der Waals surface area contributed by atoms with E-state index in [1.165, 1.54) is 16.7 Å². The molecule has 1 aliphatic heterocycles. The van der Waals surface area contributed by atoms with Crippen molar-refractivity contribution < 1.29 is 9.59 Å². The van der Waals surface area contributed by atoms with Gasteiger partial charge in [-0.25, -0.2) is 4.98 Å². The van der Waals surface area contributed by atoms with Gasteiger partial charge in [0.15, 0.2) is 5.82 Å². The molecule has 4 N–H and O–H groups in total. The van der Waals surface area contributed by atoms with Crippen LogP contribution in [0.25, 0.3) is 11.4 Å². The summed E-state index contributed by atoms with van der Waals surface area (Å²) in [6.07, 6.45) is 0. The van der Waals surface area contributed by atoms with Crippen molar-refractivity contribution in [3.05, 3.63) is 30.1 Å². The molecule has 10 heteroatoms. The molecular weight excluding hydrogens is 352 g/mol. The summed E-state index contributed by atoms with van der Waals surface area (Å²) in [6, 6.07) is 7.17. The van der Waals surface area contributed by atoms with Crippen LogP contribution >= 0.6 is 24.2 Å². The Labute approximate surface area is 149 Å². The van der Waals surface area contributed by atoms with Crippen molar-refractivity contribution in [2.24, 2.45) is 5.73 Å². The van der Waals surface area contributed by atoms with Gasteiger partial charge in [0.1, 0.15) is 12.4 Å². The minimum absolute atomic E-state index is 0. The van der Waals surface area contributed by atoms with Gasteiger partial charge < -0.3 is 16.0 Å². The minimum Gasteiger partial charge on any atom is -0.325 e. The normalized spacial score (nSPS) is 13.7. The third-order valence-corrected chi connectivity index (χ3v) is 4.26. The molecule has 1 aliphatic rings. The van der Waals surface area contributed by atoms with Gasteiger partial charge in [-0.3, -0.25) is 14.7 Å². The van der Waals surface area contributed by atoms with Crippen molar-refractivity contribution in [1.82, 2.24) is 20.1 Å². The average Bonchev–Trinajstić information content (AvgIpc) is 3.18. The molecule has 1 aromatic heterocycles. The lowest BCUT2D eigenvalue weighted by atomic mass is 10.2. The second-order valence-electron chi connectivity index (χ2n) is 5.00. The van der Waals surface area contributed by atoms with Crippen molar-refractivity contribution >= 4 is 41.7 Å². The van der Waals surface area contributed by atoms with Crippen LogP contribution in [0.5, 0.6) is 0 Å². The highest BCUT2D eigenvalue weighted by molar-refractivity contribution is 8.00. The Hall–Kier alpha value is -2.10. The zero-order valence-corrected chi connectivity index (χ0v) is 14.3. The summed E-state index contributed by atoms with van der Waals surface area (Å²) in [4.78, 5) is 29.2. The molecule has 2 amide bonds. The smallest absolute Gasteiger partial charge is 0.244 e. The number of H-pyrrole nitrogens is 1. The Morgan fingerprint density at radius 3 is 2.71 bits per heavy atom. The summed E-state index contributed by atoms with van der Waals surface area (Å²) in [5.41, 5.74) is 6.97. The highest BCUT2D eigenvalue weighted by Gasteiger charge is 2.22. The van der Waals surface area contributed by atoms with E-state index in [0.29, 0.717) is 35.5 Å². The van der Waals surface area contributed by atoms with E-state index in [1.807, 2.05) is 12.1 Å². The molecule has 0 unspecified atom stereocenters. The first kappa shape index (κ1) is 18.2. The van der Waals surface area contributed by atoms with E-state index in [-0.39, 0.29) is 30.8 Å². The van der Waals surface area contributed by atoms with Crippen LogP contribution in [-0.2, 0) is 16.1 Å². The van der Waals surface area contributed by atoms with Crippen molar-refractivity contribution in [2.75, 3.05) is 23.5 Å². The van der Waals surface area contributed by atoms with Crippen molar-refractivity contribution in [1.29, 1.82) is 0 Å². The van der Waals surface area contributed by atoms with Crippen molar-refractivity contribution in [3.63, 3.8) is 0 Å². The number of aromatic nitrogens is 3. The Kier molecular flexibility index (Phi) is 6.18. The van der Waals surface area contributed by atoms with Crippen molar-refractivity contribution in [3.8, 4) is 11.4 Å². The monoisotopic (exact) mass is 368 g/mol. The van der Waals surface area contributed by atoms with Crippen LogP contribution in [0.4, 0.5) is 5.69 Å². The van der Waals surface area contributed by atoms with Gasteiger partial charge in [0.25, 0.3) is 0 Å². The molecule has 3 rings (SSSR count). The fourth-order valence-corrected chi connectivity index (χ4v) is 3.04. The Balaban J connectivity index is 0.00000208. The first-order chi connectivity index (χ1) is 11.2. The summed E-state index contributed by atoms with van der Waals surface area (Å²) >= 11 is 1.51. The number of nitrogens with zero attached hydrogens (tertiary/aromatic N) is 3. The van der Waals surface area contributed by atoms with Crippen molar-refractivity contribution in [2.45, 2.75) is 6.54 Å². The van der Waals surface area contributed by atoms with Gasteiger partial charge >= 0.3 is 0 Å². The fraction of sp³-hybridized carbons (Fsp3) is 0.286. The Morgan fingerprint density at radius 2 is 2.12 bits per heavy atom. The van der Waals surface area contributed by atoms with E-state index in [4.69, 9.17) is 5.73 Å². The molecule has 24 heavy (non-hydrogen) atoms. The maximum absolute atomic E-state index is 12.0. The third kappa shape index (κ3) is 4.25. The van der Waals surface area contributed by atoms with Crippen LogP contribution in [-0.4, -0.2) is 50.1 Å². The molecular formula is C14H17ClN6O2S. The number of anilines is 1. The molecule has 2 aromatic rings. The molecule has 0 aliphatic carbocycles. The van der Waals surface area contributed by atoms with Gasteiger partial charge in [-0.05, 0) is 24.3 Å².